The van der Waals surface area contributed by atoms with Crippen LogP contribution in [0.5, 0.6) is 34.5 Å². The molecule has 74 heavy (non-hydrogen) atoms. The first kappa shape index (κ1) is 51.6. The van der Waals surface area contributed by atoms with E-state index in [0.29, 0.717) is 44.3 Å². The van der Waals surface area contributed by atoms with E-state index in [-0.39, 0.29) is 46.9 Å². The molecule has 0 bridgehead atoms. The highest BCUT2D eigenvalue weighted by atomic mass is 16.6. The van der Waals surface area contributed by atoms with Gasteiger partial charge in [0, 0.05) is 46.8 Å². The molecule has 0 spiro atoms. The minimum Gasteiger partial charge on any atom is -0.493 e. The van der Waals surface area contributed by atoms with E-state index in [1.54, 1.807) is 76.4 Å². The van der Waals surface area contributed by atoms with Crippen molar-refractivity contribution in [1.29, 1.82) is 0 Å². The summed E-state index contributed by atoms with van der Waals surface area (Å²) in [5.41, 5.74) is 0.880. The maximum atomic E-state index is 14.5. The van der Waals surface area contributed by atoms with Crippen LogP contribution >= 0.6 is 0 Å². The summed E-state index contributed by atoms with van der Waals surface area (Å²) < 4.78 is 54.0. The maximum Gasteiger partial charge on any atom is 0.408 e. The van der Waals surface area contributed by atoms with Gasteiger partial charge in [-0.25, -0.2) is 24.0 Å². The standard InChI is InChI=1S/C57H57N3O14/c1-56(2,3)73-54(64)58-38(25-32-17-13-11-14-18-32)51(61)70-40-22-21-35(28-42(40)66-7)47-48-37-30-45(69-10)46(72-52(62)39(26-33-19-15-12-16-20-33)59-55(65)74-57(4,5)6)31-41(37)71-53(63)50(48)60-24-23-34-27-43(67-8)44(68-9)29-36(34)49(47)60/h11-24,27-31,38-39H,25-26H2,1-10H3,(H,58,64)(H,59,65)/t38-,39-/m0/s1. The fourth-order valence-electron chi connectivity index (χ4n) is 8.60. The number of rotatable bonds is 15. The molecule has 2 N–H and O–H groups in total. The molecule has 0 saturated heterocycles. The van der Waals surface area contributed by atoms with Crippen molar-refractivity contribution < 1.29 is 61.5 Å². The average Bonchev–Trinajstić information content (AvgIpc) is 3.72. The highest BCUT2D eigenvalue weighted by Crippen LogP contribution is 2.46. The smallest absolute Gasteiger partial charge is 0.408 e. The summed E-state index contributed by atoms with van der Waals surface area (Å²) in [7, 11) is 5.88. The van der Waals surface area contributed by atoms with Crippen molar-refractivity contribution in [2.24, 2.45) is 0 Å². The molecule has 0 radical (unpaired) electrons. The molecule has 3 aromatic heterocycles. The van der Waals surface area contributed by atoms with Crippen LogP contribution in [0.3, 0.4) is 0 Å². The van der Waals surface area contributed by atoms with Gasteiger partial charge in [-0.05, 0) is 100 Å². The summed E-state index contributed by atoms with van der Waals surface area (Å²) in [4.78, 5) is 68.8. The number of nitrogens with zero attached hydrogens (tertiary/aromatic N) is 1. The van der Waals surface area contributed by atoms with Gasteiger partial charge in [-0.15, -0.1) is 0 Å². The molecule has 2 atom stereocenters. The summed E-state index contributed by atoms with van der Waals surface area (Å²) in [5, 5.41) is 7.52. The number of pyridine rings is 1. The minimum atomic E-state index is -1.21. The van der Waals surface area contributed by atoms with E-state index >= 15 is 0 Å². The number of carbonyl (C=O) groups excluding carboxylic acids is 4. The zero-order valence-electron chi connectivity index (χ0n) is 42.7. The van der Waals surface area contributed by atoms with Crippen LogP contribution in [0.15, 0.2) is 125 Å². The van der Waals surface area contributed by atoms with E-state index in [9.17, 15) is 24.0 Å². The third-order valence-electron chi connectivity index (χ3n) is 11.7. The Morgan fingerprint density at radius 1 is 0.554 bits per heavy atom. The molecule has 0 fully saturated rings. The van der Waals surface area contributed by atoms with Crippen LogP contribution < -0.4 is 44.7 Å². The SMILES string of the molecule is COc1cc2ccn3c(c(-c4ccc(OC(=O)[C@H](Cc5ccccc5)NC(=O)OC(C)(C)C)c(OC)c4)c4c5cc(OC)c(OC(=O)[C@H](Cc6ccccc6)NC(=O)OC(C)(C)C)cc5oc(=O)c43)c2cc1OC. The summed E-state index contributed by atoms with van der Waals surface area (Å²) in [6.45, 7) is 10.3. The quantitative estimate of drug-likeness (QED) is 0.0558. The van der Waals surface area contributed by atoms with E-state index in [0.717, 1.165) is 16.5 Å². The number of hydrogen-bond donors (Lipinski definition) is 2. The lowest BCUT2D eigenvalue weighted by molar-refractivity contribution is -0.137. The number of hydrogen-bond acceptors (Lipinski definition) is 14. The second kappa shape index (κ2) is 21.2. The van der Waals surface area contributed by atoms with Gasteiger partial charge in [0.15, 0.2) is 34.5 Å². The van der Waals surface area contributed by atoms with Crippen molar-refractivity contribution in [3.05, 3.63) is 137 Å². The zero-order valence-corrected chi connectivity index (χ0v) is 42.7. The molecular weight excluding hydrogens is 951 g/mol. The molecule has 8 aromatic rings. The van der Waals surface area contributed by atoms with Crippen LogP contribution in [0.4, 0.5) is 9.59 Å². The Morgan fingerprint density at radius 3 is 1.57 bits per heavy atom. The van der Waals surface area contributed by atoms with E-state index in [2.05, 4.69) is 10.6 Å². The first-order valence-corrected chi connectivity index (χ1v) is 23.6. The van der Waals surface area contributed by atoms with E-state index < -0.39 is 53.0 Å². The topological polar surface area (TPSA) is 201 Å². The van der Waals surface area contributed by atoms with Crippen LogP contribution in [-0.4, -0.2) is 80.3 Å². The van der Waals surface area contributed by atoms with Crippen molar-refractivity contribution in [3.63, 3.8) is 0 Å². The molecule has 5 aromatic carbocycles. The number of esters is 2. The van der Waals surface area contributed by atoms with Gasteiger partial charge in [0.05, 0.1) is 34.0 Å². The largest absolute Gasteiger partial charge is 0.493 e. The molecule has 3 heterocycles. The van der Waals surface area contributed by atoms with E-state index in [4.69, 9.17) is 42.3 Å². The first-order valence-electron chi connectivity index (χ1n) is 23.6. The second-order valence-corrected chi connectivity index (χ2v) is 19.3. The number of nitrogens with one attached hydrogen (secondary N) is 2. The second-order valence-electron chi connectivity index (χ2n) is 19.3. The lowest BCUT2D eigenvalue weighted by Gasteiger charge is -2.23. The lowest BCUT2D eigenvalue weighted by atomic mass is 9.97. The summed E-state index contributed by atoms with van der Waals surface area (Å²) in [5.74, 6) is -0.538. The molecule has 0 aliphatic heterocycles. The van der Waals surface area contributed by atoms with Gasteiger partial charge >= 0.3 is 29.8 Å². The third-order valence-corrected chi connectivity index (χ3v) is 11.7. The predicted octanol–water partition coefficient (Wildman–Crippen LogP) is 10.1. The normalized spacial score (nSPS) is 12.5. The van der Waals surface area contributed by atoms with Crippen LogP contribution in [0.1, 0.15) is 52.7 Å². The van der Waals surface area contributed by atoms with Gasteiger partial charge in [-0.1, -0.05) is 66.7 Å². The van der Waals surface area contributed by atoms with Gasteiger partial charge in [0.1, 0.15) is 34.4 Å². The number of ether oxygens (including phenoxy) is 8. The fourth-order valence-corrected chi connectivity index (χ4v) is 8.60. The Labute approximate surface area is 426 Å². The number of aromatic nitrogens is 1. The van der Waals surface area contributed by atoms with Crippen molar-refractivity contribution in [2.45, 2.75) is 77.7 Å². The third kappa shape index (κ3) is 11.3. The van der Waals surface area contributed by atoms with Crippen LogP contribution in [0, 0.1) is 0 Å². The van der Waals surface area contributed by atoms with Crippen molar-refractivity contribution in [3.8, 4) is 45.6 Å². The van der Waals surface area contributed by atoms with Gasteiger partial charge in [0.25, 0.3) is 0 Å². The summed E-state index contributed by atoms with van der Waals surface area (Å²) >= 11 is 0. The van der Waals surface area contributed by atoms with E-state index in [1.807, 2.05) is 78.9 Å². The molecular formula is C57H57N3O14. The van der Waals surface area contributed by atoms with Crippen molar-refractivity contribution in [2.75, 3.05) is 28.4 Å². The lowest BCUT2D eigenvalue weighted by Crippen LogP contribution is -2.46. The Balaban J connectivity index is 1.27. The molecule has 0 unspecified atom stereocenters. The van der Waals surface area contributed by atoms with Crippen molar-refractivity contribution in [1.82, 2.24) is 15.0 Å². The van der Waals surface area contributed by atoms with Gasteiger partial charge in [-0.2, -0.15) is 0 Å². The number of methoxy groups -OCH3 is 4. The highest BCUT2D eigenvalue weighted by molar-refractivity contribution is 6.22. The van der Waals surface area contributed by atoms with Crippen LogP contribution in [0.25, 0.3) is 49.3 Å². The summed E-state index contributed by atoms with van der Waals surface area (Å²) in [6, 6.07) is 29.3. The molecule has 384 valence electrons. The molecule has 17 nitrogen and oxygen atoms in total. The molecule has 0 saturated carbocycles. The number of benzene rings is 5. The van der Waals surface area contributed by atoms with Gasteiger partial charge in [-0.3, -0.25) is 0 Å². The van der Waals surface area contributed by atoms with Crippen LogP contribution in [0.2, 0.25) is 0 Å². The number of fused-ring (bicyclic) bond motifs is 7. The Bertz CT molecular complexity index is 3480. The molecule has 0 aliphatic carbocycles. The number of amides is 2. The molecule has 17 heteroatoms. The fraction of sp³-hybridized carbons (Fsp3) is 0.281. The van der Waals surface area contributed by atoms with Crippen LogP contribution in [-0.2, 0) is 31.9 Å². The van der Waals surface area contributed by atoms with Crippen molar-refractivity contribution >= 4 is 62.3 Å². The Hall–Kier alpha value is -8.73. The molecule has 2 amide bonds. The zero-order chi connectivity index (χ0) is 53.1. The molecule has 8 rings (SSSR count). The van der Waals surface area contributed by atoms with Gasteiger partial charge in [0.2, 0.25) is 0 Å². The number of alkyl carbamates (subject to hydrolysis) is 2. The van der Waals surface area contributed by atoms with E-state index in [1.165, 1.54) is 34.5 Å². The Kier molecular flexibility index (Phi) is 14.8. The highest BCUT2D eigenvalue weighted by Gasteiger charge is 2.31. The molecule has 0 aliphatic rings. The summed E-state index contributed by atoms with van der Waals surface area (Å²) in [6.07, 6.45) is 0.285. The van der Waals surface area contributed by atoms with Gasteiger partial charge < -0.3 is 57.3 Å². The predicted molar refractivity (Wildman–Crippen MR) is 278 cm³/mol. The monoisotopic (exact) mass is 1010 g/mol. The minimum absolute atomic E-state index is 0.0333. The maximum absolute atomic E-state index is 14.5. The number of carbonyl (C=O) groups is 4. The first-order chi connectivity index (χ1) is 35.3. The Morgan fingerprint density at radius 2 is 1.04 bits per heavy atom. The average molecular weight is 1010 g/mol.